The standard InChI is InChI=1S/C13H12BNO4/c16-13(15-11-4-2-1-3-5-11)10-6-8-12(9-7-10)19-14(17)18/h1-9,17-18H,(H,15,16). The number of carbonyl (C=O) groups excluding carboxylic acids is 1. The molecule has 0 saturated carbocycles. The molecule has 0 atom stereocenters. The lowest BCUT2D eigenvalue weighted by atomic mass is 10.2. The Labute approximate surface area is 110 Å². The van der Waals surface area contributed by atoms with Crippen molar-refractivity contribution in [1.29, 1.82) is 0 Å². The maximum Gasteiger partial charge on any atom is 0.707 e. The van der Waals surface area contributed by atoms with E-state index < -0.39 is 7.32 Å². The average molecular weight is 257 g/mol. The summed E-state index contributed by atoms with van der Waals surface area (Å²) >= 11 is 0. The molecule has 5 nitrogen and oxygen atoms in total. The van der Waals surface area contributed by atoms with Gasteiger partial charge in [0.25, 0.3) is 5.91 Å². The normalized spacial score (nSPS) is 9.79. The van der Waals surface area contributed by atoms with Crippen LogP contribution < -0.4 is 9.97 Å². The van der Waals surface area contributed by atoms with E-state index in [4.69, 9.17) is 10.0 Å². The van der Waals surface area contributed by atoms with Gasteiger partial charge in [-0.05, 0) is 36.4 Å². The van der Waals surface area contributed by atoms with Crippen molar-refractivity contribution in [2.45, 2.75) is 0 Å². The monoisotopic (exact) mass is 257 g/mol. The molecule has 0 aromatic heterocycles. The van der Waals surface area contributed by atoms with Gasteiger partial charge in [0.1, 0.15) is 5.75 Å². The van der Waals surface area contributed by atoms with E-state index >= 15 is 0 Å². The van der Waals surface area contributed by atoms with Gasteiger partial charge in [0.15, 0.2) is 0 Å². The summed E-state index contributed by atoms with van der Waals surface area (Å²) in [7, 11) is -1.87. The number of para-hydroxylation sites is 1. The van der Waals surface area contributed by atoms with E-state index in [1.54, 1.807) is 12.1 Å². The van der Waals surface area contributed by atoms with Crippen molar-refractivity contribution in [3.63, 3.8) is 0 Å². The zero-order valence-corrected chi connectivity index (χ0v) is 9.98. The van der Waals surface area contributed by atoms with E-state index in [2.05, 4.69) is 9.97 Å². The smallest absolute Gasteiger partial charge is 0.512 e. The lowest BCUT2D eigenvalue weighted by Crippen LogP contribution is -2.20. The van der Waals surface area contributed by atoms with Crippen LogP contribution in [-0.4, -0.2) is 23.3 Å². The minimum absolute atomic E-state index is 0.248. The van der Waals surface area contributed by atoms with E-state index in [-0.39, 0.29) is 11.7 Å². The van der Waals surface area contributed by atoms with Gasteiger partial charge < -0.3 is 20.0 Å². The van der Waals surface area contributed by atoms with Crippen molar-refractivity contribution < 1.29 is 19.5 Å². The van der Waals surface area contributed by atoms with E-state index in [9.17, 15) is 4.79 Å². The molecule has 2 aromatic rings. The van der Waals surface area contributed by atoms with E-state index in [0.29, 0.717) is 11.3 Å². The third-order valence-corrected chi connectivity index (χ3v) is 2.39. The van der Waals surface area contributed by atoms with Crippen molar-refractivity contribution in [2.24, 2.45) is 0 Å². The fraction of sp³-hybridized carbons (Fsp3) is 0. The summed E-state index contributed by atoms with van der Waals surface area (Å²) in [6.45, 7) is 0. The second-order valence-electron chi connectivity index (χ2n) is 3.79. The van der Waals surface area contributed by atoms with Crippen molar-refractivity contribution in [2.75, 3.05) is 5.32 Å². The number of anilines is 1. The molecular formula is C13H12BNO4. The first-order valence-electron chi connectivity index (χ1n) is 5.64. The summed E-state index contributed by atoms with van der Waals surface area (Å²) in [5.74, 6) is 0.0218. The molecule has 0 aliphatic carbocycles. The Morgan fingerprint density at radius 3 is 2.21 bits per heavy atom. The van der Waals surface area contributed by atoms with Crippen LogP contribution in [0, 0.1) is 0 Å². The minimum atomic E-state index is -1.87. The first-order valence-corrected chi connectivity index (χ1v) is 5.64. The van der Waals surface area contributed by atoms with Gasteiger partial charge in [0, 0.05) is 11.3 Å². The molecular weight excluding hydrogens is 245 g/mol. The zero-order valence-electron chi connectivity index (χ0n) is 9.98. The molecule has 96 valence electrons. The maximum absolute atomic E-state index is 11.9. The molecule has 0 saturated heterocycles. The summed E-state index contributed by atoms with van der Waals surface area (Å²) in [5, 5.41) is 20.0. The molecule has 2 rings (SSSR count). The highest BCUT2D eigenvalue weighted by molar-refractivity contribution is 6.33. The number of rotatable bonds is 4. The molecule has 0 bridgehead atoms. The number of hydrogen-bond donors (Lipinski definition) is 3. The Hall–Kier alpha value is -2.31. The Morgan fingerprint density at radius 1 is 1.00 bits per heavy atom. The highest BCUT2D eigenvalue weighted by Gasteiger charge is 2.11. The number of nitrogens with one attached hydrogen (secondary N) is 1. The molecule has 0 aliphatic rings. The fourth-order valence-electron chi connectivity index (χ4n) is 1.53. The number of carbonyl (C=O) groups is 1. The molecule has 3 N–H and O–H groups in total. The Balaban J connectivity index is 2.04. The Bertz CT molecular complexity index is 542. The van der Waals surface area contributed by atoms with Crippen molar-refractivity contribution in [3.05, 3.63) is 60.2 Å². The van der Waals surface area contributed by atoms with Crippen molar-refractivity contribution >= 4 is 18.9 Å². The summed E-state index contributed by atoms with van der Waals surface area (Å²) in [4.78, 5) is 11.9. The number of amides is 1. The molecule has 0 aliphatic heterocycles. The summed E-state index contributed by atoms with van der Waals surface area (Å²) in [6.07, 6.45) is 0. The van der Waals surface area contributed by atoms with Crippen molar-refractivity contribution in [3.8, 4) is 5.75 Å². The van der Waals surface area contributed by atoms with Gasteiger partial charge >= 0.3 is 7.32 Å². The molecule has 1 amide bonds. The number of benzene rings is 2. The molecule has 19 heavy (non-hydrogen) atoms. The SMILES string of the molecule is O=C(Nc1ccccc1)c1ccc(OB(O)O)cc1. The minimum Gasteiger partial charge on any atom is -0.512 e. The van der Waals surface area contributed by atoms with Gasteiger partial charge in [-0.25, -0.2) is 0 Å². The molecule has 6 heteroatoms. The largest absolute Gasteiger partial charge is 0.707 e. The summed E-state index contributed by atoms with van der Waals surface area (Å²) < 4.78 is 4.65. The van der Waals surface area contributed by atoms with Crippen LogP contribution in [0.25, 0.3) is 0 Å². The quantitative estimate of drug-likeness (QED) is 0.721. The van der Waals surface area contributed by atoms with Crippen LogP contribution in [0.15, 0.2) is 54.6 Å². The highest BCUT2D eigenvalue weighted by Crippen LogP contribution is 2.14. The van der Waals surface area contributed by atoms with Gasteiger partial charge in [-0.3, -0.25) is 4.79 Å². The molecule has 0 fully saturated rings. The predicted molar refractivity (Wildman–Crippen MR) is 71.7 cm³/mol. The van der Waals surface area contributed by atoms with Crippen LogP contribution in [0.1, 0.15) is 10.4 Å². The highest BCUT2D eigenvalue weighted by atomic mass is 16.6. The van der Waals surface area contributed by atoms with Crippen LogP contribution in [-0.2, 0) is 0 Å². The van der Waals surface area contributed by atoms with Gasteiger partial charge in [-0.2, -0.15) is 0 Å². The fourth-order valence-corrected chi connectivity index (χ4v) is 1.53. The third kappa shape index (κ3) is 3.84. The molecule has 0 heterocycles. The third-order valence-electron chi connectivity index (χ3n) is 2.39. The van der Waals surface area contributed by atoms with Crippen LogP contribution in [0.2, 0.25) is 0 Å². The van der Waals surface area contributed by atoms with Gasteiger partial charge in [-0.15, -0.1) is 0 Å². The van der Waals surface area contributed by atoms with Crippen molar-refractivity contribution in [1.82, 2.24) is 0 Å². The second-order valence-corrected chi connectivity index (χ2v) is 3.79. The maximum atomic E-state index is 11.9. The topological polar surface area (TPSA) is 78.8 Å². The van der Waals surface area contributed by atoms with E-state index in [1.165, 1.54) is 24.3 Å². The zero-order chi connectivity index (χ0) is 13.7. The van der Waals surface area contributed by atoms with Gasteiger partial charge in [0.2, 0.25) is 0 Å². The summed E-state index contributed by atoms with van der Waals surface area (Å²) in [6, 6.07) is 15.1. The predicted octanol–water partition coefficient (Wildman–Crippen LogP) is 1.29. The molecule has 2 aromatic carbocycles. The van der Waals surface area contributed by atoms with E-state index in [1.807, 2.05) is 18.2 Å². The van der Waals surface area contributed by atoms with E-state index in [0.717, 1.165) is 0 Å². The number of hydrogen-bond acceptors (Lipinski definition) is 4. The lowest BCUT2D eigenvalue weighted by molar-refractivity contribution is 0.102. The van der Waals surface area contributed by atoms with Gasteiger partial charge in [0.05, 0.1) is 0 Å². The average Bonchev–Trinajstić information content (AvgIpc) is 2.40. The van der Waals surface area contributed by atoms with Crippen LogP contribution >= 0.6 is 0 Å². The second kappa shape index (κ2) is 6.04. The molecule has 0 spiro atoms. The van der Waals surface area contributed by atoms with Gasteiger partial charge in [-0.1, -0.05) is 18.2 Å². The van der Waals surface area contributed by atoms with Crippen LogP contribution in [0.5, 0.6) is 5.75 Å². The Kier molecular flexibility index (Phi) is 4.17. The first-order chi connectivity index (χ1) is 9.15. The van der Waals surface area contributed by atoms with Crippen LogP contribution in [0.3, 0.4) is 0 Å². The first kappa shape index (κ1) is 13.1. The summed E-state index contributed by atoms with van der Waals surface area (Å²) in [5.41, 5.74) is 1.15. The molecule has 0 radical (unpaired) electrons. The van der Waals surface area contributed by atoms with Crippen LogP contribution in [0.4, 0.5) is 5.69 Å². The molecule has 0 unspecified atom stereocenters. The Morgan fingerprint density at radius 2 is 1.63 bits per heavy atom. The lowest BCUT2D eigenvalue weighted by Gasteiger charge is -2.07.